The van der Waals surface area contributed by atoms with Crippen LogP contribution in [-0.4, -0.2) is 44.0 Å². The number of amides is 1. The molecule has 0 saturated carbocycles. The zero-order valence-corrected chi connectivity index (χ0v) is 21.6. The minimum atomic E-state index is -3.91. The summed E-state index contributed by atoms with van der Waals surface area (Å²) in [5.74, 6) is 0.343. The summed E-state index contributed by atoms with van der Waals surface area (Å²) in [7, 11) is -0.564. The number of methoxy groups -OCH3 is 1. The lowest BCUT2D eigenvalue weighted by atomic mass is 10.1. The SMILES string of the molecule is CCC(=O)Nc1ccc(-c2cnc(-c3ncc(NC)cc3OC)s2)c(S(=O)(=O)NC(C)(C)C)c1. The highest BCUT2D eigenvalue weighted by Gasteiger charge is 2.27. The monoisotopic (exact) mass is 503 g/mol. The van der Waals surface area contributed by atoms with Crippen LogP contribution in [0.3, 0.4) is 0 Å². The summed E-state index contributed by atoms with van der Waals surface area (Å²) in [5.41, 5.74) is 1.54. The highest BCUT2D eigenvalue weighted by Crippen LogP contribution is 2.39. The highest BCUT2D eigenvalue weighted by molar-refractivity contribution is 7.89. The standard InChI is InChI=1S/C23H29N5O4S2/c1-7-20(29)27-14-8-9-16(19(11-14)34(30,31)28-23(2,3)4)18-13-26-22(33-18)21-17(32-6)10-15(24-5)12-25-21/h8-13,24,28H,7H2,1-6H3,(H,27,29). The van der Waals surface area contributed by atoms with Crippen molar-refractivity contribution in [2.75, 3.05) is 24.8 Å². The first kappa shape index (κ1) is 25.6. The maximum Gasteiger partial charge on any atom is 0.241 e. The average Bonchev–Trinajstić information content (AvgIpc) is 3.26. The summed E-state index contributed by atoms with van der Waals surface area (Å²) >= 11 is 1.30. The van der Waals surface area contributed by atoms with Crippen LogP contribution < -0.4 is 20.1 Å². The molecular weight excluding hydrogens is 474 g/mol. The number of thiazole rings is 1. The van der Waals surface area contributed by atoms with Crippen LogP contribution in [0.25, 0.3) is 21.1 Å². The van der Waals surface area contributed by atoms with Crippen LogP contribution in [0.5, 0.6) is 5.75 Å². The van der Waals surface area contributed by atoms with E-state index in [4.69, 9.17) is 4.74 Å². The molecule has 0 saturated heterocycles. The van der Waals surface area contributed by atoms with E-state index in [0.29, 0.717) is 32.6 Å². The number of nitrogens with one attached hydrogen (secondary N) is 3. The van der Waals surface area contributed by atoms with Crippen LogP contribution >= 0.6 is 11.3 Å². The van der Waals surface area contributed by atoms with E-state index in [1.165, 1.54) is 17.4 Å². The molecule has 0 aliphatic rings. The van der Waals surface area contributed by atoms with Crippen molar-refractivity contribution in [1.82, 2.24) is 14.7 Å². The van der Waals surface area contributed by atoms with Gasteiger partial charge >= 0.3 is 0 Å². The van der Waals surface area contributed by atoms with Crippen molar-refractivity contribution in [3.63, 3.8) is 0 Å². The summed E-state index contributed by atoms with van der Waals surface area (Å²) in [5, 5.41) is 6.33. The molecule has 1 aromatic carbocycles. The maximum absolute atomic E-state index is 13.3. The third-order valence-electron chi connectivity index (χ3n) is 4.65. The van der Waals surface area contributed by atoms with Gasteiger partial charge in [0.25, 0.3) is 0 Å². The maximum atomic E-state index is 13.3. The Morgan fingerprint density at radius 1 is 1.12 bits per heavy atom. The van der Waals surface area contributed by atoms with Gasteiger partial charge in [0.05, 0.1) is 28.8 Å². The molecule has 9 nitrogen and oxygen atoms in total. The summed E-state index contributed by atoms with van der Waals surface area (Å²) in [6.45, 7) is 7.03. The lowest BCUT2D eigenvalue weighted by molar-refractivity contribution is -0.115. The molecule has 0 atom stereocenters. The number of benzene rings is 1. The van der Waals surface area contributed by atoms with Crippen LogP contribution in [0.2, 0.25) is 0 Å². The van der Waals surface area contributed by atoms with Gasteiger partial charge in [-0.25, -0.2) is 23.1 Å². The molecule has 3 N–H and O–H groups in total. The van der Waals surface area contributed by atoms with Crippen molar-refractivity contribution in [2.24, 2.45) is 0 Å². The molecular formula is C23H29N5O4S2. The van der Waals surface area contributed by atoms with Gasteiger partial charge in [0.2, 0.25) is 15.9 Å². The number of rotatable bonds is 8. The number of ether oxygens (including phenoxy) is 1. The first-order valence-corrected chi connectivity index (χ1v) is 12.9. The van der Waals surface area contributed by atoms with Crippen LogP contribution in [0, 0.1) is 0 Å². The van der Waals surface area contributed by atoms with E-state index in [-0.39, 0.29) is 17.2 Å². The molecule has 2 heterocycles. The largest absolute Gasteiger partial charge is 0.494 e. The minimum absolute atomic E-state index is 0.0528. The quantitative estimate of drug-likeness (QED) is 0.418. The van der Waals surface area contributed by atoms with Crippen LogP contribution in [-0.2, 0) is 14.8 Å². The Balaban J connectivity index is 2.11. The van der Waals surface area contributed by atoms with Crippen molar-refractivity contribution in [3.8, 4) is 26.9 Å². The lowest BCUT2D eigenvalue weighted by Crippen LogP contribution is -2.40. The first-order chi connectivity index (χ1) is 16.0. The fraction of sp³-hybridized carbons (Fsp3) is 0.348. The van der Waals surface area contributed by atoms with E-state index in [0.717, 1.165) is 5.69 Å². The molecule has 0 aliphatic carbocycles. The van der Waals surface area contributed by atoms with Crippen LogP contribution in [0.15, 0.2) is 41.6 Å². The third-order valence-corrected chi connectivity index (χ3v) is 7.49. The van der Waals surface area contributed by atoms with Gasteiger partial charge in [-0.05, 0) is 32.9 Å². The number of hydrogen-bond acceptors (Lipinski definition) is 8. The van der Waals surface area contributed by atoms with Gasteiger partial charge in [0, 0.05) is 42.5 Å². The molecule has 0 fully saturated rings. The molecule has 0 bridgehead atoms. The highest BCUT2D eigenvalue weighted by atomic mass is 32.2. The van der Waals surface area contributed by atoms with E-state index in [2.05, 4.69) is 25.3 Å². The number of nitrogens with zero attached hydrogens (tertiary/aromatic N) is 2. The Morgan fingerprint density at radius 3 is 2.47 bits per heavy atom. The van der Waals surface area contributed by atoms with Gasteiger partial charge in [0.1, 0.15) is 16.5 Å². The molecule has 34 heavy (non-hydrogen) atoms. The Hall–Kier alpha value is -3.02. The fourth-order valence-corrected chi connectivity index (χ4v) is 5.83. The van der Waals surface area contributed by atoms with E-state index < -0.39 is 15.6 Å². The molecule has 0 spiro atoms. The number of carbonyl (C=O) groups is 1. The molecule has 182 valence electrons. The molecule has 0 aliphatic heterocycles. The second kappa shape index (κ2) is 10.1. The Morgan fingerprint density at radius 2 is 1.85 bits per heavy atom. The molecule has 1 amide bonds. The number of aromatic nitrogens is 2. The number of anilines is 2. The Labute approximate surface area is 204 Å². The molecule has 3 rings (SSSR count). The summed E-state index contributed by atoms with van der Waals surface area (Å²) in [6.07, 6.45) is 3.57. The average molecular weight is 504 g/mol. The van der Waals surface area contributed by atoms with Gasteiger partial charge in [-0.15, -0.1) is 11.3 Å². The number of hydrogen-bond donors (Lipinski definition) is 3. The lowest BCUT2D eigenvalue weighted by Gasteiger charge is -2.22. The fourth-order valence-electron chi connectivity index (χ4n) is 3.14. The molecule has 2 aromatic heterocycles. The Kier molecular flexibility index (Phi) is 7.59. The zero-order valence-electron chi connectivity index (χ0n) is 20.0. The summed E-state index contributed by atoms with van der Waals surface area (Å²) in [4.78, 5) is 21.5. The minimum Gasteiger partial charge on any atom is -0.494 e. The van der Waals surface area contributed by atoms with Crippen molar-refractivity contribution >= 4 is 38.6 Å². The van der Waals surface area contributed by atoms with Gasteiger partial charge in [-0.1, -0.05) is 13.0 Å². The van der Waals surface area contributed by atoms with E-state index in [1.807, 2.05) is 6.07 Å². The predicted molar refractivity (Wildman–Crippen MR) is 136 cm³/mol. The smallest absolute Gasteiger partial charge is 0.241 e. The number of pyridine rings is 1. The predicted octanol–water partition coefficient (Wildman–Crippen LogP) is 4.35. The van der Waals surface area contributed by atoms with Crippen molar-refractivity contribution in [2.45, 2.75) is 44.6 Å². The van der Waals surface area contributed by atoms with Gasteiger partial charge < -0.3 is 15.4 Å². The number of carbonyl (C=O) groups excluding carboxylic acids is 1. The van der Waals surface area contributed by atoms with Gasteiger partial charge in [-0.3, -0.25) is 4.79 Å². The van der Waals surface area contributed by atoms with E-state index in [9.17, 15) is 13.2 Å². The van der Waals surface area contributed by atoms with E-state index >= 15 is 0 Å². The third kappa shape index (κ3) is 5.91. The summed E-state index contributed by atoms with van der Waals surface area (Å²) < 4.78 is 34.8. The summed E-state index contributed by atoms with van der Waals surface area (Å²) in [6, 6.07) is 6.64. The first-order valence-electron chi connectivity index (χ1n) is 10.6. The van der Waals surface area contributed by atoms with E-state index in [1.54, 1.807) is 66.4 Å². The second-order valence-corrected chi connectivity index (χ2v) is 11.2. The normalized spacial score (nSPS) is 11.8. The topological polar surface area (TPSA) is 122 Å². The van der Waals surface area contributed by atoms with Crippen LogP contribution in [0.1, 0.15) is 34.1 Å². The Bertz CT molecular complexity index is 1300. The zero-order chi connectivity index (χ0) is 25.1. The van der Waals surface area contributed by atoms with Crippen molar-refractivity contribution in [1.29, 1.82) is 0 Å². The second-order valence-electron chi connectivity index (χ2n) is 8.52. The molecule has 0 radical (unpaired) electrons. The molecule has 3 aromatic rings. The van der Waals surface area contributed by atoms with Gasteiger partial charge in [-0.2, -0.15) is 0 Å². The molecule has 0 unspecified atom stereocenters. The van der Waals surface area contributed by atoms with Crippen molar-refractivity contribution in [3.05, 3.63) is 36.7 Å². The van der Waals surface area contributed by atoms with Crippen molar-refractivity contribution < 1.29 is 17.9 Å². The van der Waals surface area contributed by atoms with Crippen LogP contribution in [0.4, 0.5) is 11.4 Å². The number of sulfonamides is 1. The molecule has 11 heteroatoms. The van der Waals surface area contributed by atoms with Gasteiger partial charge in [0.15, 0.2) is 0 Å².